The molecule has 29 heavy (non-hydrogen) atoms. The number of methoxy groups -OCH3 is 1. The number of pyridine rings is 1. The molecule has 1 N–H and O–H groups in total. The number of anilines is 2. The van der Waals surface area contributed by atoms with Gasteiger partial charge in [-0.3, -0.25) is 9.78 Å². The van der Waals surface area contributed by atoms with Crippen LogP contribution >= 0.6 is 0 Å². The number of urea groups is 1. The van der Waals surface area contributed by atoms with E-state index in [0.717, 1.165) is 31.2 Å². The maximum Gasteiger partial charge on any atom is 0.322 e. The molecule has 7 nitrogen and oxygen atoms in total. The van der Waals surface area contributed by atoms with Gasteiger partial charge >= 0.3 is 6.03 Å². The third kappa shape index (κ3) is 4.04. The average molecular weight is 394 g/mol. The summed E-state index contributed by atoms with van der Waals surface area (Å²) < 4.78 is 5.46. The number of carbonyl (C=O) groups excluding carboxylic acids is 2. The normalized spacial score (nSPS) is 19.3. The number of nitrogens with one attached hydrogen (secondary N) is 1. The number of hydrogen-bond acceptors (Lipinski definition) is 4. The van der Waals surface area contributed by atoms with E-state index in [1.165, 1.54) is 0 Å². The quantitative estimate of drug-likeness (QED) is 0.851. The minimum Gasteiger partial charge on any atom is -0.495 e. The van der Waals surface area contributed by atoms with Crippen molar-refractivity contribution in [3.8, 4) is 5.75 Å². The second kappa shape index (κ2) is 8.51. The molecule has 0 radical (unpaired) electrons. The summed E-state index contributed by atoms with van der Waals surface area (Å²) in [6.07, 6.45) is 7.85. The van der Waals surface area contributed by atoms with Crippen LogP contribution in [0.25, 0.3) is 0 Å². The number of nitrogens with zero attached hydrogens (tertiary/aromatic N) is 3. The first kappa shape index (κ1) is 19.2. The SMILES string of the molecule is COc1ccc(NC(=O)N2CCCC2c2ccncc2)cc1N1CCCCC1=O. The molecule has 2 aromatic rings. The lowest BCUT2D eigenvalue weighted by Crippen LogP contribution is -2.36. The molecule has 0 aliphatic carbocycles. The van der Waals surface area contributed by atoms with E-state index in [9.17, 15) is 9.59 Å². The zero-order valence-electron chi connectivity index (χ0n) is 16.6. The van der Waals surface area contributed by atoms with Crippen LogP contribution < -0.4 is 15.0 Å². The van der Waals surface area contributed by atoms with Crippen molar-refractivity contribution in [3.05, 3.63) is 48.3 Å². The van der Waals surface area contributed by atoms with E-state index in [4.69, 9.17) is 4.74 Å². The summed E-state index contributed by atoms with van der Waals surface area (Å²) in [5.74, 6) is 0.726. The first-order chi connectivity index (χ1) is 14.2. The molecular weight excluding hydrogens is 368 g/mol. The third-order valence-electron chi connectivity index (χ3n) is 5.65. The third-order valence-corrected chi connectivity index (χ3v) is 5.65. The summed E-state index contributed by atoms with van der Waals surface area (Å²) >= 11 is 0. The second-order valence-corrected chi connectivity index (χ2v) is 7.45. The lowest BCUT2D eigenvalue weighted by molar-refractivity contribution is -0.119. The first-order valence-corrected chi connectivity index (χ1v) is 10.1. The molecule has 1 atom stereocenters. The molecule has 1 unspecified atom stereocenters. The fourth-order valence-electron chi connectivity index (χ4n) is 4.18. The summed E-state index contributed by atoms with van der Waals surface area (Å²) in [6, 6.07) is 9.29. The van der Waals surface area contributed by atoms with Gasteiger partial charge in [0.2, 0.25) is 5.91 Å². The number of ether oxygens (including phenoxy) is 1. The molecule has 2 aliphatic heterocycles. The number of likely N-dealkylation sites (tertiary alicyclic amines) is 1. The Balaban J connectivity index is 1.53. The Hall–Kier alpha value is -3.09. The highest BCUT2D eigenvalue weighted by Crippen LogP contribution is 2.35. The Labute approximate surface area is 170 Å². The number of carbonyl (C=O) groups is 2. The van der Waals surface area contributed by atoms with E-state index < -0.39 is 0 Å². The fourth-order valence-corrected chi connectivity index (χ4v) is 4.18. The molecule has 7 heteroatoms. The summed E-state index contributed by atoms with van der Waals surface area (Å²) in [5.41, 5.74) is 2.47. The number of rotatable bonds is 4. The number of amides is 3. The van der Waals surface area contributed by atoms with Gasteiger partial charge in [-0.1, -0.05) is 0 Å². The van der Waals surface area contributed by atoms with E-state index in [0.29, 0.717) is 36.6 Å². The van der Waals surface area contributed by atoms with Gasteiger partial charge in [0, 0.05) is 37.6 Å². The Kier molecular flexibility index (Phi) is 5.64. The molecule has 0 spiro atoms. The van der Waals surface area contributed by atoms with Gasteiger partial charge in [0.25, 0.3) is 0 Å². The number of hydrogen-bond donors (Lipinski definition) is 1. The van der Waals surface area contributed by atoms with Gasteiger partial charge < -0.3 is 19.9 Å². The Morgan fingerprint density at radius 2 is 1.97 bits per heavy atom. The molecule has 4 rings (SSSR count). The molecule has 2 saturated heterocycles. The van der Waals surface area contributed by atoms with Crippen molar-refractivity contribution in [2.45, 2.75) is 38.1 Å². The van der Waals surface area contributed by atoms with Crippen molar-refractivity contribution in [3.63, 3.8) is 0 Å². The molecule has 0 saturated carbocycles. The molecule has 3 heterocycles. The molecule has 3 amide bonds. The lowest BCUT2D eigenvalue weighted by Gasteiger charge is -2.29. The minimum atomic E-state index is -0.134. The number of piperidine rings is 1. The van der Waals surface area contributed by atoms with Gasteiger partial charge in [0.15, 0.2) is 0 Å². The van der Waals surface area contributed by atoms with Crippen molar-refractivity contribution in [1.82, 2.24) is 9.88 Å². The predicted molar refractivity (Wildman–Crippen MR) is 111 cm³/mol. The summed E-state index contributed by atoms with van der Waals surface area (Å²) in [7, 11) is 1.59. The van der Waals surface area contributed by atoms with Crippen LogP contribution in [-0.4, -0.2) is 42.0 Å². The van der Waals surface area contributed by atoms with Crippen LogP contribution in [0, 0.1) is 0 Å². The van der Waals surface area contributed by atoms with Crippen LogP contribution in [0.4, 0.5) is 16.2 Å². The van der Waals surface area contributed by atoms with Gasteiger partial charge in [0.05, 0.1) is 18.8 Å². The summed E-state index contributed by atoms with van der Waals surface area (Å²) in [6.45, 7) is 1.38. The average Bonchev–Trinajstić information content (AvgIpc) is 3.25. The van der Waals surface area contributed by atoms with E-state index in [1.807, 2.05) is 29.2 Å². The van der Waals surface area contributed by atoms with Crippen LogP contribution in [0.15, 0.2) is 42.7 Å². The van der Waals surface area contributed by atoms with Crippen molar-refractivity contribution >= 4 is 23.3 Å². The standard InChI is InChI=1S/C22H26N4O3/c1-29-20-8-7-17(15-19(20)25-13-3-2-6-21(25)27)24-22(28)26-14-4-5-18(26)16-9-11-23-12-10-16/h7-12,15,18H,2-6,13-14H2,1H3,(H,24,28). The summed E-state index contributed by atoms with van der Waals surface area (Å²) in [4.78, 5) is 33.1. The molecule has 152 valence electrons. The molecule has 1 aromatic heterocycles. The predicted octanol–water partition coefficient (Wildman–Crippen LogP) is 3.98. The van der Waals surface area contributed by atoms with Crippen LogP contribution in [0.3, 0.4) is 0 Å². The number of benzene rings is 1. The summed E-state index contributed by atoms with van der Waals surface area (Å²) in [5, 5.41) is 3.01. The van der Waals surface area contributed by atoms with Gasteiger partial charge in [-0.2, -0.15) is 0 Å². The number of aromatic nitrogens is 1. The van der Waals surface area contributed by atoms with Crippen molar-refractivity contribution in [1.29, 1.82) is 0 Å². The monoisotopic (exact) mass is 394 g/mol. The van der Waals surface area contributed by atoms with Crippen LogP contribution in [0.2, 0.25) is 0 Å². The van der Waals surface area contributed by atoms with E-state index in [1.54, 1.807) is 30.5 Å². The highest BCUT2D eigenvalue weighted by molar-refractivity contribution is 5.97. The Morgan fingerprint density at radius 1 is 1.14 bits per heavy atom. The van der Waals surface area contributed by atoms with E-state index >= 15 is 0 Å². The van der Waals surface area contributed by atoms with Crippen molar-refractivity contribution in [2.75, 3.05) is 30.4 Å². The molecular formula is C22H26N4O3. The van der Waals surface area contributed by atoms with Crippen LogP contribution in [-0.2, 0) is 4.79 Å². The van der Waals surface area contributed by atoms with Gasteiger partial charge in [0.1, 0.15) is 5.75 Å². The maximum atomic E-state index is 13.0. The molecule has 0 bridgehead atoms. The molecule has 2 fully saturated rings. The zero-order chi connectivity index (χ0) is 20.2. The van der Waals surface area contributed by atoms with E-state index in [-0.39, 0.29) is 18.0 Å². The van der Waals surface area contributed by atoms with Crippen molar-refractivity contribution < 1.29 is 14.3 Å². The fraction of sp³-hybridized carbons (Fsp3) is 0.409. The largest absolute Gasteiger partial charge is 0.495 e. The van der Waals surface area contributed by atoms with Gasteiger partial charge in [-0.25, -0.2) is 4.79 Å². The maximum absolute atomic E-state index is 13.0. The van der Waals surface area contributed by atoms with Crippen LogP contribution in [0.5, 0.6) is 5.75 Å². The minimum absolute atomic E-state index is 0.0550. The highest BCUT2D eigenvalue weighted by atomic mass is 16.5. The van der Waals surface area contributed by atoms with Gasteiger partial charge in [-0.15, -0.1) is 0 Å². The molecule has 1 aromatic carbocycles. The topological polar surface area (TPSA) is 74.8 Å². The second-order valence-electron chi connectivity index (χ2n) is 7.45. The zero-order valence-corrected chi connectivity index (χ0v) is 16.6. The smallest absolute Gasteiger partial charge is 0.322 e. The molecule has 2 aliphatic rings. The van der Waals surface area contributed by atoms with Crippen LogP contribution in [0.1, 0.15) is 43.7 Å². The first-order valence-electron chi connectivity index (χ1n) is 10.1. The van der Waals surface area contributed by atoms with Gasteiger partial charge in [-0.05, 0) is 61.6 Å². The lowest BCUT2D eigenvalue weighted by atomic mass is 10.1. The van der Waals surface area contributed by atoms with Crippen molar-refractivity contribution in [2.24, 2.45) is 0 Å². The van der Waals surface area contributed by atoms with E-state index in [2.05, 4.69) is 10.3 Å². The Morgan fingerprint density at radius 3 is 2.72 bits per heavy atom. The Bertz CT molecular complexity index is 887. The highest BCUT2D eigenvalue weighted by Gasteiger charge is 2.30.